The second kappa shape index (κ2) is 12.3. The highest BCUT2D eigenvalue weighted by Gasteiger charge is 1.97. The first-order valence-electron chi connectivity index (χ1n) is 6.13. The van der Waals surface area contributed by atoms with Crippen molar-refractivity contribution in [3.8, 4) is 0 Å². The fourth-order valence-electron chi connectivity index (χ4n) is 1.33. The van der Waals surface area contributed by atoms with Crippen LogP contribution in [-0.4, -0.2) is 44.1 Å². The van der Waals surface area contributed by atoms with E-state index < -0.39 is 0 Å². The first kappa shape index (κ1) is 15.2. The van der Waals surface area contributed by atoms with Crippen LogP contribution in [0.15, 0.2) is 0 Å². The molecule has 0 heterocycles. The number of rotatable bonds is 11. The summed E-state index contributed by atoms with van der Waals surface area (Å²) in [7, 11) is 2.16. The SMILES string of the molecule is CCCCOCCN(C)CCCCCCl. The highest BCUT2D eigenvalue weighted by atomic mass is 35.5. The molecule has 0 N–H and O–H groups in total. The van der Waals surface area contributed by atoms with Crippen molar-refractivity contribution >= 4 is 11.6 Å². The van der Waals surface area contributed by atoms with Gasteiger partial charge in [0.1, 0.15) is 0 Å². The summed E-state index contributed by atoms with van der Waals surface area (Å²) in [5.41, 5.74) is 0. The molecule has 0 spiro atoms. The third-order valence-corrected chi connectivity index (χ3v) is 2.70. The van der Waals surface area contributed by atoms with Crippen molar-refractivity contribution in [2.75, 3.05) is 39.2 Å². The lowest BCUT2D eigenvalue weighted by atomic mass is 10.2. The van der Waals surface area contributed by atoms with Gasteiger partial charge in [-0.2, -0.15) is 0 Å². The number of nitrogens with zero attached hydrogens (tertiary/aromatic N) is 1. The fourth-order valence-corrected chi connectivity index (χ4v) is 1.52. The van der Waals surface area contributed by atoms with Gasteiger partial charge in [-0.05, 0) is 32.9 Å². The Kier molecular flexibility index (Phi) is 12.5. The maximum atomic E-state index is 5.62. The summed E-state index contributed by atoms with van der Waals surface area (Å²) in [6.07, 6.45) is 6.03. The summed E-state index contributed by atoms with van der Waals surface area (Å²) >= 11 is 5.62. The molecule has 2 nitrogen and oxygen atoms in total. The van der Waals surface area contributed by atoms with Crippen LogP contribution in [0.1, 0.15) is 39.0 Å². The summed E-state index contributed by atoms with van der Waals surface area (Å²) in [6, 6.07) is 0. The number of hydrogen-bond donors (Lipinski definition) is 0. The van der Waals surface area contributed by atoms with Gasteiger partial charge in [-0.15, -0.1) is 11.6 Å². The van der Waals surface area contributed by atoms with Crippen LogP contribution < -0.4 is 0 Å². The molecule has 3 heteroatoms. The Morgan fingerprint density at radius 3 is 2.47 bits per heavy atom. The van der Waals surface area contributed by atoms with E-state index in [9.17, 15) is 0 Å². The minimum Gasteiger partial charge on any atom is -0.380 e. The molecule has 0 saturated carbocycles. The molecule has 0 fully saturated rings. The Labute approximate surface area is 99.9 Å². The van der Waals surface area contributed by atoms with Gasteiger partial charge in [0.05, 0.1) is 6.61 Å². The monoisotopic (exact) mass is 235 g/mol. The van der Waals surface area contributed by atoms with Gasteiger partial charge in [0, 0.05) is 19.0 Å². The van der Waals surface area contributed by atoms with E-state index in [1.54, 1.807) is 0 Å². The number of hydrogen-bond acceptors (Lipinski definition) is 2. The molecule has 0 aliphatic carbocycles. The van der Waals surface area contributed by atoms with Crippen LogP contribution in [0.3, 0.4) is 0 Å². The molecule has 92 valence electrons. The summed E-state index contributed by atoms with van der Waals surface area (Å²) in [5, 5.41) is 0. The zero-order valence-corrected chi connectivity index (χ0v) is 11.1. The van der Waals surface area contributed by atoms with E-state index in [-0.39, 0.29) is 0 Å². The lowest BCUT2D eigenvalue weighted by Crippen LogP contribution is -2.24. The third kappa shape index (κ3) is 12.1. The van der Waals surface area contributed by atoms with Crippen molar-refractivity contribution in [3.63, 3.8) is 0 Å². The maximum absolute atomic E-state index is 5.62. The summed E-state index contributed by atoms with van der Waals surface area (Å²) in [5.74, 6) is 0.795. The number of halogens is 1. The third-order valence-electron chi connectivity index (χ3n) is 2.43. The van der Waals surface area contributed by atoms with Gasteiger partial charge < -0.3 is 9.64 Å². The quantitative estimate of drug-likeness (QED) is 0.403. The van der Waals surface area contributed by atoms with Crippen molar-refractivity contribution in [1.82, 2.24) is 4.90 Å². The van der Waals surface area contributed by atoms with Crippen LogP contribution >= 0.6 is 11.6 Å². The van der Waals surface area contributed by atoms with E-state index >= 15 is 0 Å². The van der Waals surface area contributed by atoms with Crippen LogP contribution in [0.5, 0.6) is 0 Å². The lowest BCUT2D eigenvalue weighted by molar-refractivity contribution is 0.109. The van der Waals surface area contributed by atoms with Gasteiger partial charge in [-0.1, -0.05) is 19.8 Å². The molecule has 0 radical (unpaired) electrons. The number of unbranched alkanes of at least 4 members (excludes halogenated alkanes) is 3. The van der Waals surface area contributed by atoms with Crippen LogP contribution in [-0.2, 0) is 4.74 Å². The average Bonchev–Trinajstić information content (AvgIpc) is 2.24. The molecule has 0 atom stereocenters. The second-order valence-electron chi connectivity index (χ2n) is 4.02. The van der Waals surface area contributed by atoms with Gasteiger partial charge in [-0.3, -0.25) is 0 Å². The Hall–Kier alpha value is 0.210. The van der Waals surface area contributed by atoms with Crippen LogP contribution in [0, 0.1) is 0 Å². The zero-order chi connectivity index (χ0) is 11.4. The highest BCUT2D eigenvalue weighted by molar-refractivity contribution is 6.17. The molecule has 0 aromatic rings. The Morgan fingerprint density at radius 2 is 1.80 bits per heavy atom. The van der Waals surface area contributed by atoms with E-state index in [1.807, 2.05) is 0 Å². The molecular formula is C12H26ClNO. The first-order valence-corrected chi connectivity index (χ1v) is 6.67. The van der Waals surface area contributed by atoms with E-state index in [2.05, 4.69) is 18.9 Å². The first-order chi connectivity index (χ1) is 7.31. The molecule has 0 amide bonds. The van der Waals surface area contributed by atoms with Crippen LogP contribution in [0.25, 0.3) is 0 Å². The van der Waals surface area contributed by atoms with Gasteiger partial charge >= 0.3 is 0 Å². The molecule has 0 saturated heterocycles. The Bertz CT molecular complexity index is 122. The van der Waals surface area contributed by atoms with Crippen molar-refractivity contribution in [1.29, 1.82) is 0 Å². The molecule has 15 heavy (non-hydrogen) atoms. The molecule has 0 unspecified atom stereocenters. The molecule has 0 aliphatic heterocycles. The zero-order valence-electron chi connectivity index (χ0n) is 10.3. The van der Waals surface area contributed by atoms with E-state index in [0.717, 1.165) is 38.6 Å². The molecule has 0 rings (SSSR count). The van der Waals surface area contributed by atoms with E-state index in [1.165, 1.54) is 25.7 Å². The van der Waals surface area contributed by atoms with Gasteiger partial charge in [0.15, 0.2) is 0 Å². The van der Waals surface area contributed by atoms with Crippen molar-refractivity contribution in [2.24, 2.45) is 0 Å². The number of alkyl halides is 1. The molecular weight excluding hydrogens is 210 g/mol. The highest BCUT2D eigenvalue weighted by Crippen LogP contribution is 1.98. The summed E-state index contributed by atoms with van der Waals surface area (Å²) < 4.78 is 5.51. The predicted octanol–water partition coefficient (Wildman–Crippen LogP) is 3.14. The molecule has 0 aliphatic rings. The number of ether oxygens (including phenoxy) is 1. The Balaban J connectivity index is 3.08. The second-order valence-corrected chi connectivity index (χ2v) is 4.40. The van der Waals surface area contributed by atoms with Crippen LogP contribution in [0.2, 0.25) is 0 Å². The van der Waals surface area contributed by atoms with Crippen molar-refractivity contribution in [3.05, 3.63) is 0 Å². The maximum Gasteiger partial charge on any atom is 0.0593 e. The van der Waals surface area contributed by atoms with Crippen molar-refractivity contribution in [2.45, 2.75) is 39.0 Å². The average molecular weight is 236 g/mol. The van der Waals surface area contributed by atoms with Crippen molar-refractivity contribution < 1.29 is 4.74 Å². The molecule has 0 aromatic carbocycles. The van der Waals surface area contributed by atoms with Gasteiger partial charge in [0.2, 0.25) is 0 Å². The van der Waals surface area contributed by atoms with Crippen LogP contribution in [0.4, 0.5) is 0 Å². The molecule has 0 bridgehead atoms. The molecule has 0 aromatic heterocycles. The largest absolute Gasteiger partial charge is 0.380 e. The topological polar surface area (TPSA) is 12.5 Å². The minimum absolute atomic E-state index is 0.795. The van der Waals surface area contributed by atoms with Gasteiger partial charge in [0.25, 0.3) is 0 Å². The normalized spacial score (nSPS) is 11.2. The number of likely N-dealkylation sites (N-methyl/N-ethyl adjacent to an activating group) is 1. The van der Waals surface area contributed by atoms with E-state index in [4.69, 9.17) is 16.3 Å². The summed E-state index contributed by atoms with van der Waals surface area (Å²) in [4.78, 5) is 2.33. The Morgan fingerprint density at radius 1 is 1.00 bits per heavy atom. The lowest BCUT2D eigenvalue weighted by Gasteiger charge is -2.16. The smallest absolute Gasteiger partial charge is 0.0593 e. The minimum atomic E-state index is 0.795. The van der Waals surface area contributed by atoms with E-state index in [0.29, 0.717) is 0 Å². The standard InChI is InChI=1S/C12H26ClNO/c1-3-4-11-15-12-10-14(2)9-7-5-6-8-13/h3-12H2,1-2H3. The fraction of sp³-hybridized carbons (Fsp3) is 1.00. The van der Waals surface area contributed by atoms with Gasteiger partial charge in [-0.25, -0.2) is 0 Å². The summed E-state index contributed by atoms with van der Waals surface area (Å²) in [6.45, 7) is 6.17. The predicted molar refractivity (Wildman–Crippen MR) is 67.8 cm³/mol.